The molecule has 2 aromatic rings. The number of phenols is 1. The van der Waals surface area contributed by atoms with E-state index in [1.165, 1.54) is 31.2 Å². The number of hydrogen-bond acceptors (Lipinski definition) is 7. The molecule has 0 radical (unpaired) electrons. The van der Waals surface area contributed by atoms with Crippen molar-refractivity contribution >= 4 is 23.3 Å². The normalized spacial score (nSPS) is 11.6. The van der Waals surface area contributed by atoms with Crippen molar-refractivity contribution < 1.29 is 29.4 Å². The number of amides is 1. The van der Waals surface area contributed by atoms with Gasteiger partial charge in [-0.3, -0.25) is 4.79 Å². The summed E-state index contributed by atoms with van der Waals surface area (Å²) in [4.78, 5) is 25.8. The molecule has 34 heavy (non-hydrogen) atoms. The molecule has 0 aliphatic carbocycles. The largest absolute Gasteiger partial charge is 0.507 e. The van der Waals surface area contributed by atoms with Crippen LogP contribution in [0.5, 0.6) is 11.5 Å². The zero-order valence-electron chi connectivity index (χ0n) is 20.3. The smallest absolute Gasteiger partial charge is 0.342 e. The Hall–Kier alpha value is -3.81. The molecule has 0 aromatic heterocycles. The van der Waals surface area contributed by atoms with Crippen LogP contribution in [0.2, 0.25) is 0 Å². The lowest BCUT2D eigenvalue weighted by Gasteiger charge is -2.29. The Morgan fingerprint density at radius 2 is 1.88 bits per heavy atom. The fraction of sp³-hybridized carbons (Fsp3) is 0.346. The van der Waals surface area contributed by atoms with Crippen LogP contribution in [-0.2, 0) is 14.9 Å². The molecule has 0 heterocycles. The Morgan fingerprint density at radius 3 is 2.41 bits per heavy atom. The van der Waals surface area contributed by atoms with Gasteiger partial charge in [-0.05, 0) is 42.2 Å². The lowest BCUT2D eigenvalue weighted by Crippen LogP contribution is -2.31. The maximum atomic E-state index is 12.1. The molecule has 0 unspecified atom stereocenters. The number of rotatable bonds is 9. The minimum atomic E-state index is -0.678. The van der Waals surface area contributed by atoms with Gasteiger partial charge in [-0.1, -0.05) is 44.6 Å². The Balaban J connectivity index is 2.27. The van der Waals surface area contributed by atoms with E-state index < -0.39 is 5.97 Å². The molecule has 182 valence electrons. The molecule has 8 heteroatoms. The van der Waals surface area contributed by atoms with Crippen molar-refractivity contribution in [1.82, 2.24) is 0 Å². The van der Waals surface area contributed by atoms with Crippen molar-refractivity contribution in [2.45, 2.75) is 40.0 Å². The van der Waals surface area contributed by atoms with Crippen molar-refractivity contribution in [1.29, 1.82) is 0 Å². The third-order valence-corrected chi connectivity index (χ3v) is 5.14. The second-order valence-electron chi connectivity index (χ2n) is 8.65. The van der Waals surface area contributed by atoms with Crippen LogP contribution in [0.4, 0.5) is 5.69 Å². The van der Waals surface area contributed by atoms with Crippen molar-refractivity contribution in [2.24, 2.45) is 5.16 Å². The first-order chi connectivity index (χ1) is 16.0. The predicted octanol–water partition coefficient (Wildman–Crippen LogP) is 4.66. The van der Waals surface area contributed by atoms with Crippen LogP contribution < -0.4 is 9.64 Å². The minimum Gasteiger partial charge on any atom is -0.507 e. The van der Waals surface area contributed by atoms with E-state index in [0.29, 0.717) is 12.1 Å². The molecule has 0 aliphatic rings. The zero-order valence-corrected chi connectivity index (χ0v) is 20.3. The summed E-state index contributed by atoms with van der Waals surface area (Å²) in [7, 11) is 0. The van der Waals surface area contributed by atoms with E-state index in [2.05, 4.69) is 11.7 Å². The summed E-state index contributed by atoms with van der Waals surface area (Å²) < 4.78 is 10.6. The number of carbonyl (C=O) groups excluding carboxylic acids is 2. The van der Waals surface area contributed by atoms with Gasteiger partial charge >= 0.3 is 5.97 Å². The molecule has 2 rings (SSSR count). The Morgan fingerprint density at radius 1 is 1.18 bits per heavy atom. The van der Waals surface area contributed by atoms with Gasteiger partial charge in [0.2, 0.25) is 5.91 Å². The summed E-state index contributed by atoms with van der Waals surface area (Å²) in [6.45, 7) is 13.5. The molecule has 0 saturated carbocycles. The third kappa shape index (κ3) is 6.37. The SMILES string of the molecule is C=CCOC(=O)c1ccc(OCC(=NO)c2ccc(N(CC)C(C)=O)c(C(C)(C)C)c2)cc1O. The Labute approximate surface area is 200 Å². The van der Waals surface area contributed by atoms with Gasteiger partial charge in [0.05, 0.1) is 0 Å². The fourth-order valence-corrected chi connectivity index (χ4v) is 3.42. The number of aromatic hydroxyl groups is 1. The summed E-state index contributed by atoms with van der Waals surface area (Å²) >= 11 is 0. The Bertz CT molecular complexity index is 1090. The third-order valence-electron chi connectivity index (χ3n) is 5.14. The van der Waals surface area contributed by atoms with Gasteiger partial charge in [-0.15, -0.1) is 0 Å². The van der Waals surface area contributed by atoms with E-state index in [4.69, 9.17) is 9.47 Å². The van der Waals surface area contributed by atoms with Crippen LogP contribution in [0, 0.1) is 0 Å². The highest BCUT2D eigenvalue weighted by Gasteiger charge is 2.24. The van der Waals surface area contributed by atoms with Crippen LogP contribution in [0.3, 0.4) is 0 Å². The second kappa shape index (κ2) is 11.4. The number of hydrogen-bond donors (Lipinski definition) is 2. The molecule has 2 N–H and O–H groups in total. The molecule has 8 nitrogen and oxygen atoms in total. The first kappa shape index (κ1) is 26.4. The summed E-state index contributed by atoms with van der Waals surface area (Å²) in [6.07, 6.45) is 1.43. The van der Waals surface area contributed by atoms with Gasteiger partial charge in [0, 0.05) is 30.8 Å². The van der Waals surface area contributed by atoms with Crippen LogP contribution in [0.1, 0.15) is 56.1 Å². The van der Waals surface area contributed by atoms with Crippen molar-refractivity contribution in [2.75, 3.05) is 24.7 Å². The lowest BCUT2D eigenvalue weighted by atomic mass is 9.84. The van der Waals surface area contributed by atoms with E-state index in [0.717, 1.165) is 11.3 Å². The minimum absolute atomic E-state index is 0.00149. The molecule has 0 saturated heterocycles. The number of ether oxygens (including phenoxy) is 2. The van der Waals surface area contributed by atoms with Gasteiger partial charge in [0.15, 0.2) is 0 Å². The standard InChI is InChI=1S/C26H32N2O6/c1-7-13-33-25(31)20-11-10-19(15-24(20)30)34-16-22(27-32)18-9-12-23(28(8-2)17(3)29)21(14-18)26(4,5)6/h7,9-12,14-15,30,32H,1,8,13,16H2,2-6H3. The fourth-order valence-electron chi connectivity index (χ4n) is 3.42. The maximum Gasteiger partial charge on any atom is 0.342 e. The van der Waals surface area contributed by atoms with Crippen molar-refractivity contribution in [3.05, 3.63) is 65.7 Å². The van der Waals surface area contributed by atoms with Gasteiger partial charge in [0.1, 0.15) is 36.0 Å². The highest BCUT2D eigenvalue weighted by atomic mass is 16.5. The highest BCUT2D eigenvalue weighted by molar-refractivity contribution is 6.02. The lowest BCUT2D eigenvalue weighted by molar-refractivity contribution is -0.116. The van der Waals surface area contributed by atoms with E-state index in [1.54, 1.807) is 11.0 Å². The summed E-state index contributed by atoms with van der Waals surface area (Å²) in [5, 5.41) is 23.2. The molecule has 1 amide bonds. The van der Waals surface area contributed by atoms with Crippen LogP contribution in [-0.4, -0.2) is 47.7 Å². The highest BCUT2D eigenvalue weighted by Crippen LogP contribution is 2.33. The predicted molar refractivity (Wildman–Crippen MR) is 131 cm³/mol. The number of benzene rings is 2. The zero-order chi connectivity index (χ0) is 25.5. The molecule has 2 aromatic carbocycles. The molecular weight excluding hydrogens is 436 g/mol. The second-order valence-corrected chi connectivity index (χ2v) is 8.65. The topological polar surface area (TPSA) is 109 Å². The van der Waals surface area contributed by atoms with Gasteiger partial charge in [-0.2, -0.15) is 0 Å². The van der Waals surface area contributed by atoms with Crippen LogP contribution >= 0.6 is 0 Å². The van der Waals surface area contributed by atoms with E-state index in [-0.39, 0.29) is 47.3 Å². The monoisotopic (exact) mass is 468 g/mol. The molecule has 0 fully saturated rings. The average Bonchev–Trinajstić information content (AvgIpc) is 2.78. The van der Waals surface area contributed by atoms with Gasteiger partial charge in [-0.25, -0.2) is 4.79 Å². The molecule has 0 atom stereocenters. The quantitative estimate of drug-likeness (QED) is 0.182. The molecule has 0 bridgehead atoms. The number of anilines is 1. The van der Waals surface area contributed by atoms with Crippen molar-refractivity contribution in [3.8, 4) is 11.5 Å². The molecular formula is C26H32N2O6. The molecule has 0 spiro atoms. The number of esters is 1. The van der Waals surface area contributed by atoms with E-state index in [9.17, 15) is 19.9 Å². The van der Waals surface area contributed by atoms with Crippen LogP contribution in [0.25, 0.3) is 0 Å². The number of oxime groups is 1. The van der Waals surface area contributed by atoms with Crippen molar-refractivity contribution in [3.63, 3.8) is 0 Å². The maximum absolute atomic E-state index is 12.1. The first-order valence-electron chi connectivity index (χ1n) is 10.9. The summed E-state index contributed by atoms with van der Waals surface area (Å²) in [6, 6.07) is 9.67. The first-order valence-corrected chi connectivity index (χ1v) is 10.9. The number of nitrogens with zero attached hydrogens (tertiary/aromatic N) is 2. The Kier molecular flexibility index (Phi) is 8.83. The van der Waals surface area contributed by atoms with E-state index >= 15 is 0 Å². The van der Waals surface area contributed by atoms with Gasteiger partial charge in [0.25, 0.3) is 0 Å². The average molecular weight is 469 g/mol. The van der Waals surface area contributed by atoms with Crippen LogP contribution in [0.15, 0.2) is 54.2 Å². The number of phenolic OH excluding ortho intramolecular Hbond substituents is 1. The summed E-state index contributed by atoms with van der Waals surface area (Å²) in [5.41, 5.74) is 2.33. The number of carbonyl (C=O) groups is 2. The van der Waals surface area contributed by atoms with Gasteiger partial charge < -0.3 is 24.7 Å². The molecule has 0 aliphatic heterocycles. The summed E-state index contributed by atoms with van der Waals surface area (Å²) in [5.74, 6) is -0.752. The van der Waals surface area contributed by atoms with E-state index in [1.807, 2.05) is 39.8 Å².